The lowest BCUT2D eigenvalue weighted by molar-refractivity contribution is -0.384. The maximum Gasteiger partial charge on any atom is 0.269 e. The number of hydroxylamine groups is 1. The largest absolute Gasteiger partial charge is 0.461 e. The summed E-state index contributed by atoms with van der Waals surface area (Å²) in [4.78, 5) is 17.9. The molecule has 188 valence electrons. The van der Waals surface area contributed by atoms with E-state index in [2.05, 4.69) is 12.1 Å². The number of anilines is 1. The molecule has 0 unspecified atom stereocenters. The van der Waals surface area contributed by atoms with Gasteiger partial charge in [-0.1, -0.05) is 78.9 Å². The van der Waals surface area contributed by atoms with Crippen molar-refractivity contribution in [3.8, 4) is 11.3 Å². The van der Waals surface area contributed by atoms with Gasteiger partial charge in [-0.3, -0.25) is 15.0 Å². The van der Waals surface area contributed by atoms with Crippen LogP contribution in [0.4, 0.5) is 11.4 Å². The van der Waals surface area contributed by atoms with Gasteiger partial charge in [-0.15, -0.1) is 0 Å². The van der Waals surface area contributed by atoms with E-state index in [1.165, 1.54) is 0 Å². The molecule has 0 saturated carbocycles. The van der Waals surface area contributed by atoms with Gasteiger partial charge in [0.1, 0.15) is 23.7 Å². The number of nitro groups is 1. The summed E-state index contributed by atoms with van der Waals surface area (Å²) in [7, 11) is 0. The predicted octanol–water partition coefficient (Wildman–Crippen LogP) is 7.99. The molecule has 0 aliphatic carbocycles. The minimum atomic E-state index is -0.408. The number of nitro benzene ring substituents is 1. The van der Waals surface area contributed by atoms with E-state index in [9.17, 15) is 10.1 Å². The fraction of sp³-hybridized carbons (Fsp3) is 0.125. The van der Waals surface area contributed by atoms with Gasteiger partial charge in [-0.2, -0.15) is 0 Å². The third-order valence-electron chi connectivity index (χ3n) is 7.03. The van der Waals surface area contributed by atoms with Crippen LogP contribution < -0.4 is 5.06 Å². The normalized spacial score (nSPS) is 17.0. The average Bonchev–Trinajstić information content (AvgIpc) is 3.17. The van der Waals surface area contributed by atoms with E-state index >= 15 is 0 Å². The Kier molecular flexibility index (Phi) is 6.23. The smallest absolute Gasteiger partial charge is 0.269 e. The third-order valence-corrected chi connectivity index (χ3v) is 7.03. The van der Waals surface area contributed by atoms with Crippen molar-refractivity contribution in [2.45, 2.75) is 25.5 Å². The first kappa shape index (κ1) is 23.7. The summed E-state index contributed by atoms with van der Waals surface area (Å²) in [6.45, 7) is 2.00. The van der Waals surface area contributed by atoms with Crippen molar-refractivity contribution in [1.82, 2.24) is 0 Å². The quantitative estimate of drug-likeness (QED) is 0.180. The van der Waals surface area contributed by atoms with Crippen LogP contribution >= 0.6 is 0 Å². The van der Waals surface area contributed by atoms with E-state index in [1.807, 2.05) is 103 Å². The number of benzene rings is 4. The minimum Gasteiger partial charge on any atom is -0.461 e. The molecule has 0 amide bonds. The molecule has 0 spiro atoms. The Morgan fingerprint density at radius 2 is 1.39 bits per heavy atom. The summed E-state index contributed by atoms with van der Waals surface area (Å²) in [6, 6.07) is 36.5. The van der Waals surface area contributed by atoms with Crippen LogP contribution in [-0.4, -0.2) is 4.92 Å². The lowest BCUT2D eigenvalue weighted by Crippen LogP contribution is -2.30. The minimum absolute atomic E-state index is 0.0450. The van der Waals surface area contributed by atoms with E-state index in [0.717, 1.165) is 45.0 Å². The molecule has 38 heavy (non-hydrogen) atoms. The molecule has 6 nitrogen and oxygen atoms in total. The number of hydrogen-bond acceptors (Lipinski definition) is 5. The van der Waals surface area contributed by atoms with Gasteiger partial charge >= 0.3 is 0 Å². The van der Waals surface area contributed by atoms with Gasteiger partial charge in [-0.05, 0) is 42.3 Å². The van der Waals surface area contributed by atoms with Crippen molar-refractivity contribution in [2.75, 3.05) is 5.06 Å². The van der Waals surface area contributed by atoms with Crippen LogP contribution in [-0.2, 0) is 11.3 Å². The van der Waals surface area contributed by atoms with Crippen LogP contribution in [0, 0.1) is 17.0 Å². The highest BCUT2D eigenvalue weighted by atomic mass is 16.7. The first-order valence-electron chi connectivity index (χ1n) is 12.6. The topological polar surface area (TPSA) is 68.8 Å². The van der Waals surface area contributed by atoms with E-state index in [0.29, 0.717) is 6.42 Å². The van der Waals surface area contributed by atoms with Gasteiger partial charge in [0.15, 0.2) is 0 Å². The summed E-state index contributed by atoms with van der Waals surface area (Å²) >= 11 is 0. The van der Waals surface area contributed by atoms with Crippen molar-refractivity contribution in [3.05, 3.63) is 153 Å². The van der Waals surface area contributed by atoms with Crippen LogP contribution in [0.5, 0.6) is 0 Å². The van der Waals surface area contributed by atoms with Gasteiger partial charge < -0.3 is 4.42 Å². The number of para-hydroxylation sites is 1. The highest BCUT2D eigenvalue weighted by Gasteiger charge is 2.38. The highest BCUT2D eigenvalue weighted by Crippen LogP contribution is 2.48. The Labute approximate surface area is 220 Å². The zero-order valence-corrected chi connectivity index (χ0v) is 20.9. The second-order valence-electron chi connectivity index (χ2n) is 9.37. The fourth-order valence-electron chi connectivity index (χ4n) is 5.19. The van der Waals surface area contributed by atoms with Gasteiger partial charge in [-0.25, -0.2) is 5.06 Å². The van der Waals surface area contributed by atoms with Gasteiger partial charge in [0.25, 0.3) is 5.69 Å². The molecular formula is C32H26N2O4. The summed E-state index contributed by atoms with van der Waals surface area (Å²) < 4.78 is 6.50. The molecule has 6 rings (SSSR count). The number of furan rings is 1. The number of aryl methyl sites for hydroxylation is 1. The lowest BCUT2D eigenvalue weighted by atomic mass is 9.89. The molecule has 1 aliphatic heterocycles. The van der Waals surface area contributed by atoms with Crippen molar-refractivity contribution < 1.29 is 14.2 Å². The second-order valence-corrected chi connectivity index (χ2v) is 9.37. The van der Waals surface area contributed by atoms with Crippen molar-refractivity contribution >= 4 is 11.4 Å². The molecule has 1 aromatic heterocycles. The van der Waals surface area contributed by atoms with Gasteiger partial charge in [0.2, 0.25) is 0 Å². The maximum absolute atomic E-state index is 11.4. The molecule has 0 N–H and O–H groups in total. The van der Waals surface area contributed by atoms with Gasteiger partial charge in [0.05, 0.1) is 10.6 Å². The Bertz CT molecular complexity index is 1550. The Balaban J connectivity index is 1.62. The standard InChI is InChI=1S/C32H26N2O4/c1-22-28-21-29(23-11-5-2-6-12-23)38-33(26-15-9-4-10-16-26)31(24-17-19-27(20-18-24)34(35)36)30(28)32(37-22)25-13-7-3-8-14-25/h2-20,29,31H,21H2,1H3/t29-,31-/m0/s1. The summed E-state index contributed by atoms with van der Waals surface area (Å²) in [6.07, 6.45) is 0.354. The number of fused-ring (bicyclic) bond motifs is 1. The molecule has 1 aliphatic rings. The molecule has 2 atom stereocenters. The lowest BCUT2D eigenvalue weighted by Gasteiger charge is -2.34. The van der Waals surface area contributed by atoms with Crippen LogP contribution in [0.25, 0.3) is 11.3 Å². The number of rotatable bonds is 5. The molecule has 5 aromatic rings. The van der Waals surface area contributed by atoms with Crippen molar-refractivity contribution in [2.24, 2.45) is 0 Å². The number of hydrogen-bond donors (Lipinski definition) is 0. The molecule has 2 heterocycles. The molecule has 4 aromatic carbocycles. The van der Waals surface area contributed by atoms with E-state index in [4.69, 9.17) is 9.25 Å². The van der Waals surface area contributed by atoms with Crippen LogP contribution in [0.3, 0.4) is 0 Å². The predicted molar refractivity (Wildman–Crippen MR) is 147 cm³/mol. The molecular weight excluding hydrogens is 476 g/mol. The van der Waals surface area contributed by atoms with E-state index < -0.39 is 6.04 Å². The molecule has 0 fully saturated rings. The summed E-state index contributed by atoms with van der Waals surface area (Å²) in [5.74, 6) is 1.62. The summed E-state index contributed by atoms with van der Waals surface area (Å²) in [5.41, 5.74) is 5.91. The van der Waals surface area contributed by atoms with Gasteiger partial charge in [0, 0.05) is 35.2 Å². The van der Waals surface area contributed by atoms with Crippen molar-refractivity contribution in [1.29, 1.82) is 0 Å². The fourth-order valence-corrected chi connectivity index (χ4v) is 5.19. The zero-order valence-electron chi connectivity index (χ0n) is 20.9. The Morgan fingerprint density at radius 1 is 0.789 bits per heavy atom. The number of non-ortho nitro benzene ring substituents is 1. The average molecular weight is 503 g/mol. The zero-order chi connectivity index (χ0) is 26.1. The second kappa shape index (κ2) is 10.00. The Hall–Kier alpha value is -4.68. The molecule has 0 saturated heterocycles. The maximum atomic E-state index is 11.4. The number of nitrogens with zero attached hydrogens (tertiary/aromatic N) is 2. The molecule has 0 bridgehead atoms. The monoisotopic (exact) mass is 502 g/mol. The first-order valence-corrected chi connectivity index (χ1v) is 12.6. The van der Waals surface area contributed by atoms with Crippen LogP contribution in [0.1, 0.15) is 40.2 Å². The van der Waals surface area contributed by atoms with Crippen LogP contribution in [0.15, 0.2) is 120 Å². The van der Waals surface area contributed by atoms with E-state index in [-0.39, 0.29) is 16.7 Å². The summed E-state index contributed by atoms with van der Waals surface area (Å²) in [5, 5.41) is 13.4. The highest BCUT2D eigenvalue weighted by molar-refractivity contribution is 5.68. The van der Waals surface area contributed by atoms with E-state index in [1.54, 1.807) is 12.1 Å². The first-order chi connectivity index (χ1) is 18.6. The molecule has 0 radical (unpaired) electrons. The SMILES string of the molecule is Cc1oc(-c2ccccc2)c2c1C[C@@H](c1ccccc1)ON(c1ccccc1)[C@H]2c1ccc([N+](=O)[O-])cc1. The Morgan fingerprint density at radius 3 is 2.03 bits per heavy atom. The van der Waals surface area contributed by atoms with Crippen LogP contribution in [0.2, 0.25) is 0 Å². The van der Waals surface area contributed by atoms with Crippen molar-refractivity contribution in [3.63, 3.8) is 0 Å². The molecule has 6 heteroatoms. The third kappa shape index (κ3) is 4.35.